The molecule has 0 saturated heterocycles. The molecule has 0 bridgehead atoms. The van der Waals surface area contributed by atoms with Gasteiger partial charge < -0.3 is 15.6 Å². The molecular formula is C8H13N3O2. The highest BCUT2D eigenvalue weighted by molar-refractivity contribution is 5.24. The van der Waals surface area contributed by atoms with Gasteiger partial charge in [0.15, 0.2) is 0 Å². The molecule has 0 aromatic carbocycles. The third-order valence-electron chi connectivity index (χ3n) is 1.57. The molecule has 72 valence electrons. The Morgan fingerprint density at radius 2 is 2.46 bits per heavy atom. The van der Waals surface area contributed by atoms with Gasteiger partial charge in [0.2, 0.25) is 5.88 Å². The van der Waals surface area contributed by atoms with Crippen molar-refractivity contribution in [2.24, 2.45) is 5.73 Å². The van der Waals surface area contributed by atoms with E-state index in [1.165, 1.54) is 12.5 Å². The van der Waals surface area contributed by atoms with Gasteiger partial charge in [0.1, 0.15) is 6.33 Å². The number of aliphatic hydroxyl groups excluding tert-OH is 1. The summed E-state index contributed by atoms with van der Waals surface area (Å²) in [5, 5.41) is 9.45. The summed E-state index contributed by atoms with van der Waals surface area (Å²) >= 11 is 0. The van der Waals surface area contributed by atoms with Crippen LogP contribution in [0.2, 0.25) is 0 Å². The number of rotatable bonds is 4. The molecule has 3 N–H and O–H groups in total. The maximum Gasteiger partial charge on any atom is 0.222 e. The number of nitrogens with two attached hydrogens (primary N) is 1. The molecule has 0 fully saturated rings. The van der Waals surface area contributed by atoms with E-state index < -0.39 is 6.10 Å². The van der Waals surface area contributed by atoms with Crippen molar-refractivity contribution in [3.05, 3.63) is 18.1 Å². The molecule has 0 amide bonds. The molecular weight excluding hydrogens is 170 g/mol. The van der Waals surface area contributed by atoms with E-state index in [1.54, 1.807) is 0 Å². The van der Waals surface area contributed by atoms with Gasteiger partial charge in [0.05, 0.1) is 18.3 Å². The predicted molar refractivity (Wildman–Crippen MR) is 47.2 cm³/mol. The first-order valence-corrected chi connectivity index (χ1v) is 4.10. The Balaban J connectivity index is 2.90. The molecule has 1 rings (SSSR count). The van der Waals surface area contributed by atoms with E-state index in [0.29, 0.717) is 18.1 Å². The molecule has 0 saturated carbocycles. The largest absolute Gasteiger partial charge is 0.478 e. The van der Waals surface area contributed by atoms with E-state index in [0.717, 1.165) is 0 Å². The first-order chi connectivity index (χ1) is 6.29. The van der Waals surface area contributed by atoms with Crippen molar-refractivity contribution in [2.45, 2.75) is 13.0 Å². The van der Waals surface area contributed by atoms with Crippen LogP contribution in [0.1, 0.15) is 18.6 Å². The van der Waals surface area contributed by atoms with E-state index in [9.17, 15) is 5.11 Å². The summed E-state index contributed by atoms with van der Waals surface area (Å²) in [6.45, 7) is 2.48. The number of hydrogen-bond donors (Lipinski definition) is 2. The summed E-state index contributed by atoms with van der Waals surface area (Å²) < 4.78 is 5.19. The zero-order valence-electron chi connectivity index (χ0n) is 7.47. The third-order valence-corrected chi connectivity index (χ3v) is 1.57. The van der Waals surface area contributed by atoms with Crippen molar-refractivity contribution in [1.29, 1.82) is 0 Å². The van der Waals surface area contributed by atoms with Gasteiger partial charge in [0.25, 0.3) is 0 Å². The fourth-order valence-electron chi connectivity index (χ4n) is 0.942. The first-order valence-electron chi connectivity index (χ1n) is 4.10. The molecule has 0 spiro atoms. The Morgan fingerprint density at radius 3 is 3.08 bits per heavy atom. The van der Waals surface area contributed by atoms with Gasteiger partial charge in [-0.15, -0.1) is 0 Å². The summed E-state index contributed by atoms with van der Waals surface area (Å²) in [6.07, 6.45) is 2.12. The van der Waals surface area contributed by atoms with E-state index in [1.807, 2.05) is 6.92 Å². The number of ether oxygens (including phenoxy) is 1. The van der Waals surface area contributed by atoms with Crippen LogP contribution in [0, 0.1) is 0 Å². The second-order valence-electron chi connectivity index (χ2n) is 2.47. The maximum atomic E-state index is 9.45. The monoisotopic (exact) mass is 183 g/mol. The van der Waals surface area contributed by atoms with Crippen LogP contribution in [0.15, 0.2) is 12.5 Å². The van der Waals surface area contributed by atoms with Gasteiger partial charge in [-0.3, -0.25) is 0 Å². The quantitative estimate of drug-likeness (QED) is 0.679. The van der Waals surface area contributed by atoms with Gasteiger partial charge in [-0.1, -0.05) is 0 Å². The van der Waals surface area contributed by atoms with Crippen LogP contribution in [0.4, 0.5) is 0 Å². The van der Waals surface area contributed by atoms with Crippen molar-refractivity contribution in [3.8, 4) is 5.88 Å². The van der Waals surface area contributed by atoms with Crippen molar-refractivity contribution >= 4 is 0 Å². The summed E-state index contributed by atoms with van der Waals surface area (Å²) in [7, 11) is 0. The molecule has 0 radical (unpaired) electrons. The summed E-state index contributed by atoms with van der Waals surface area (Å²) in [5.74, 6) is 0.399. The normalized spacial score (nSPS) is 12.5. The van der Waals surface area contributed by atoms with Crippen LogP contribution in [-0.4, -0.2) is 28.2 Å². The Labute approximate surface area is 76.6 Å². The zero-order valence-corrected chi connectivity index (χ0v) is 7.47. The Morgan fingerprint density at radius 1 is 1.69 bits per heavy atom. The van der Waals surface area contributed by atoms with Crippen molar-refractivity contribution in [1.82, 2.24) is 9.97 Å². The maximum absolute atomic E-state index is 9.45. The summed E-state index contributed by atoms with van der Waals surface area (Å²) in [6, 6.07) is 0. The molecule has 1 aromatic heterocycles. The van der Waals surface area contributed by atoms with Gasteiger partial charge in [0, 0.05) is 12.7 Å². The predicted octanol–water partition coefficient (Wildman–Crippen LogP) is -0.133. The third kappa shape index (κ3) is 2.37. The fraction of sp³-hybridized carbons (Fsp3) is 0.500. The van der Waals surface area contributed by atoms with E-state index in [2.05, 4.69) is 9.97 Å². The van der Waals surface area contributed by atoms with E-state index >= 15 is 0 Å². The SMILES string of the molecule is CCOc1ncncc1C(O)CN. The van der Waals surface area contributed by atoms with Crippen LogP contribution in [0.5, 0.6) is 5.88 Å². The average Bonchev–Trinajstić information content (AvgIpc) is 2.18. The lowest BCUT2D eigenvalue weighted by Crippen LogP contribution is -2.14. The molecule has 0 aliphatic carbocycles. The molecule has 1 aromatic rings. The number of aliphatic hydroxyl groups is 1. The minimum atomic E-state index is -0.761. The van der Waals surface area contributed by atoms with Crippen molar-refractivity contribution < 1.29 is 9.84 Å². The van der Waals surface area contributed by atoms with Gasteiger partial charge in [-0.2, -0.15) is 0 Å². The highest BCUT2D eigenvalue weighted by atomic mass is 16.5. The lowest BCUT2D eigenvalue weighted by atomic mass is 10.2. The molecule has 13 heavy (non-hydrogen) atoms. The van der Waals surface area contributed by atoms with E-state index in [4.69, 9.17) is 10.5 Å². The van der Waals surface area contributed by atoms with Gasteiger partial charge in [-0.05, 0) is 6.92 Å². The highest BCUT2D eigenvalue weighted by Crippen LogP contribution is 2.20. The van der Waals surface area contributed by atoms with Crippen LogP contribution in [0.25, 0.3) is 0 Å². The van der Waals surface area contributed by atoms with Crippen molar-refractivity contribution in [3.63, 3.8) is 0 Å². The topological polar surface area (TPSA) is 81.3 Å². The van der Waals surface area contributed by atoms with Crippen LogP contribution >= 0.6 is 0 Å². The molecule has 0 aliphatic rings. The summed E-state index contributed by atoms with van der Waals surface area (Å²) in [5.41, 5.74) is 5.84. The summed E-state index contributed by atoms with van der Waals surface area (Å²) in [4.78, 5) is 7.68. The second kappa shape index (κ2) is 4.74. The first kappa shape index (κ1) is 9.88. The van der Waals surface area contributed by atoms with Crippen molar-refractivity contribution in [2.75, 3.05) is 13.2 Å². The second-order valence-corrected chi connectivity index (χ2v) is 2.47. The average molecular weight is 183 g/mol. The fourth-order valence-corrected chi connectivity index (χ4v) is 0.942. The number of nitrogens with zero attached hydrogens (tertiary/aromatic N) is 2. The molecule has 1 atom stereocenters. The molecule has 0 aliphatic heterocycles. The van der Waals surface area contributed by atoms with Crippen LogP contribution in [0.3, 0.4) is 0 Å². The zero-order chi connectivity index (χ0) is 9.68. The van der Waals surface area contributed by atoms with Gasteiger partial charge >= 0.3 is 0 Å². The van der Waals surface area contributed by atoms with E-state index in [-0.39, 0.29) is 6.54 Å². The Hall–Kier alpha value is -1.20. The van der Waals surface area contributed by atoms with Crippen LogP contribution < -0.4 is 10.5 Å². The Kier molecular flexibility index (Phi) is 3.60. The minimum Gasteiger partial charge on any atom is -0.478 e. The number of aromatic nitrogens is 2. The Bertz CT molecular complexity index is 267. The lowest BCUT2D eigenvalue weighted by Gasteiger charge is -2.11. The molecule has 1 unspecified atom stereocenters. The lowest BCUT2D eigenvalue weighted by molar-refractivity contribution is 0.178. The van der Waals surface area contributed by atoms with Gasteiger partial charge in [-0.25, -0.2) is 9.97 Å². The number of hydrogen-bond acceptors (Lipinski definition) is 5. The molecule has 5 nitrogen and oxygen atoms in total. The molecule has 1 heterocycles. The standard InChI is InChI=1S/C8H13N3O2/c1-2-13-8-6(7(12)3-9)4-10-5-11-8/h4-5,7,12H,2-3,9H2,1H3. The van der Waals surface area contributed by atoms with Crippen LogP contribution in [-0.2, 0) is 0 Å². The molecule has 5 heteroatoms. The minimum absolute atomic E-state index is 0.132. The smallest absolute Gasteiger partial charge is 0.222 e. The highest BCUT2D eigenvalue weighted by Gasteiger charge is 2.12.